The molecule has 6 heteroatoms. The molecular weight excluding hydrogens is 268 g/mol. The molecule has 21 heavy (non-hydrogen) atoms. The van der Waals surface area contributed by atoms with E-state index in [0.717, 1.165) is 5.56 Å². The zero-order valence-electron chi connectivity index (χ0n) is 10.9. The molecule has 0 saturated carbocycles. The van der Waals surface area contributed by atoms with Crippen LogP contribution < -0.4 is 5.56 Å². The molecule has 0 N–H and O–H groups in total. The minimum atomic E-state index is -0.138. The monoisotopic (exact) mass is 278 g/mol. The van der Waals surface area contributed by atoms with Gasteiger partial charge in [-0.1, -0.05) is 12.1 Å². The lowest BCUT2D eigenvalue weighted by molar-refractivity contribution is 0.567. The maximum atomic E-state index is 11.9. The Kier molecular flexibility index (Phi) is 3.31. The van der Waals surface area contributed by atoms with Crippen molar-refractivity contribution in [2.75, 3.05) is 0 Å². The molecule has 0 bridgehead atoms. The molecular formula is C15H10N4O2. The van der Waals surface area contributed by atoms with Crippen molar-refractivity contribution in [2.24, 2.45) is 0 Å². The Balaban J connectivity index is 1.97. The Hall–Kier alpha value is -3.20. The summed E-state index contributed by atoms with van der Waals surface area (Å²) in [6.07, 6.45) is 2.90. The lowest BCUT2D eigenvalue weighted by atomic mass is 10.1. The molecule has 0 unspecified atom stereocenters. The van der Waals surface area contributed by atoms with Crippen LogP contribution in [-0.2, 0) is 6.54 Å². The van der Waals surface area contributed by atoms with Crippen LogP contribution in [0, 0.1) is 11.3 Å². The fraction of sp³-hybridized carbons (Fsp3) is 0.0667. The van der Waals surface area contributed by atoms with E-state index >= 15 is 0 Å². The highest BCUT2D eigenvalue weighted by molar-refractivity contribution is 5.50. The van der Waals surface area contributed by atoms with E-state index in [-0.39, 0.29) is 5.56 Å². The van der Waals surface area contributed by atoms with Gasteiger partial charge in [0.05, 0.1) is 23.7 Å². The third-order valence-electron chi connectivity index (χ3n) is 3.00. The minimum absolute atomic E-state index is 0.138. The number of nitrogens with zero attached hydrogens (tertiary/aromatic N) is 4. The zero-order chi connectivity index (χ0) is 14.7. The van der Waals surface area contributed by atoms with Gasteiger partial charge < -0.3 is 8.98 Å². The molecule has 0 saturated heterocycles. The van der Waals surface area contributed by atoms with Crippen molar-refractivity contribution in [3.8, 4) is 17.5 Å². The lowest BCUT2D eigenvalue weighted by Crippen LogP contribution is -2.19. The average molecular weight is 278 g/mol. The SMILES string of the molecule is N#Cc1cccc(Cn2cc(-c3nnco3)ccc2=O)c1. The van der Waals surface area contributed by atoms with Crippen molar-refractivity contribution in [3.63, 3.8) is 0 Å². The van der Waals surface area contributed by atoms with Crippen LogP contribution >= 0.6 is 0 Å². The fourth-order valence-corrected chi connectivity index (χ4v) is 2.02. The second kappa shape index (κ2) is 5.43. The summed E-state index contributed by atoms with van der Waals surface area (Å²) in [5, 5.41) is 16.3. The van der Waals surface area contributed by atoms with Gasteiger partial charge in [0.15, 0.2) is 0 Å². The Morgan fingerprint density at radius 3 is 2.95 bits per heavy atom. The van der Waals surface area contributed by atoms with Gasteiger partial charge >= 0.3 is 0 Å². The van der Waals surface area contributed by atoms with Crippen LogP contribution in [0.3, 0.4) is 0 Å². The van der Waals surface area contributed by atoms with Crippen molar-refractivity contribution in [3.05, 3.63) is 70.5 Å². The summed E-state index contributed by atoms with van der Waals surface area (Å²) in [5.74, 6) is 0.356. The van der Waals surface area contributed by atoms with Crippen LogP contribution in [-0.4, -0.2) is 14.8 Å². The van der Waals surface area contributed by atoms with Crippen molar-refractivity contribution >= 4 is 0 Å². The fourth-order valence-electron chi connectivity index (χ4n) is 2.02. The molecule has 3 aromatic rings. The summed E-state index contributed by atoms with van der Waals surface area (Å²) in [4.78, 5) is 11.9. The van der Waals surface area contributed by atoms with Gasteiger partial charge in [0.25, 0.3) is 5.56 Å². The first kappa shape index (κ1) is 12.8. The van der Waals surface area contributed by atoms with E-state index in [0.29, 0.717) is 23.6 Å². The lowest BCUT2D eigenvalue weighted by Gasteiger charge is -2.07. The molecule has 0 aliphatic rings. The Bertz CT molecular complexity index is 860. The van der Waals surface area contributed by atoms with Crippen molar-refractivity contribution < 1.29 is 4.42 Å². The standard InChI is InChI=1S/C15H10N4O2/c16-7-11-2-1-3-12(6-11)8-19-9-13(4-5-14(19)20)15-18-17-10-21-15/h1-6,9-10H,8H2. The number of hydrogen-bond donors (Lipinski definition) is 0. The Morgan fingerprint density at radius 1 is 1.29 bits per heavy atom. The van der Waals surface area contributed by atoms with Crippen LogP contribution in [0.4, 0.5) is 0 Å². The van der Waals surface area contributed by atoms with Gasteiger partial charge in [0, 0.05) is 12.3 Å². The van der Waals surface area contributed by atoms with Gasteiger partial charge in [0.1, 0.15) is 0 Å². The highest BCUT2D eigenvalue weighted by Gasteiger charge is 2.06. The normalized spacial score (nSPS) is 10.2. The van der Waals surface area contributed by atoms with Crippen molar-refractivity contribution in [2.45, 2.75) is 6.54 Å². The number of hydrogen-bond acceptors (Lipinski definition) is 5. The number of pyridine rings is 1. The quantitative estimate of drug-likeness (QED) is 0.729. The van der Waals surface area contributed by atoms with Crippen LogP contribution in [0.15, 0.2) is 58.2 Å². The number of nitriles is 1. The van der Waals surface area contributed by atoms with Gasteiger partial charge in [-0.15, -0.1) is 10.2 Å². The van der Waals surface area contributed by atoms with Gasteiger partial charge in [-0.25, -0.2) is 0 Å². The van der Waals surface area contributed by atoms with E-state index in [1.54, 1.807) is 30.5 Å². The third kappa shape index (κ3) is 2.72. The maximum Gasteiger partial charge on any atom is 0.250 e. The number of aromatic nitrogens is 3. The number of rotatable bonds is 3. The largest absolute Gasteiger partial charge is 0.423 e. The summed E-state index contributed by atoms with van der Waals surface area (Å²) < 4.78 is 6.66. The van der Waals surface area contributed by atoms with Crippen LogP contribution in [0.5, 0.6) is 0 Å². The van der Waals surface area contributed by atoms with Crippen molar-refractivity contribution in [1.29, 1.82) is 5.26 Å². The summed E-state index contributed by atoms with van der Waals surface area (Å²) in [6.45, 7) is 0.371. The molecule has 2 heterocycles. The first-order chi connectivity index (χ1) is 10.3. The van der Waals surface area contributed by atoms with E-state index in [2.05, 4.69) is 16.3 Å². The molecule has 6 nitrogen and oxygen atoms in total. The van der Waals surface area contributed by atoms with Crippen LogP contribution in [0.1, 0.15) is 11.1 Å². The topological polar surface area (TPSA) is 84.7 Å². The molecule has 3 rings (SSSR count). The molecule has 0 fully saturated rings. The predicted octanol–water partition coefficient (Wildman–Crippen LogP) is 1.82. The van der Waals surface area contributed by atoms with Crippen molar-refractivity contribution in [1.82, 2.24) is 14.8 Å². The van der Waals surface area contributed by atoms with E-state index < -0.39 is 0 Å². The van der Waals surface area contributed by atoms with E-state index in [1.807, 2.05) is 6.07 Å². The van der Waals surface area contributed by atoms with Crippen LogP contribution in [0.2, 0.25) is 0 Å². The summed E-state index contributed by atoms with van der Waals surface area (Å²) >= 11 is 0. The molecule has 1 aromatic carbocycles. The summed E-state index contributed by atoms with van der Waals surface area (Å²) in [5.41, 5.74) is 1.97. The average Bonchev–Trinajstić information content (AvgIpc) is 3.04. The van der Waals surface area contributed by atoms with Gasteiger partial charge in [-0.2, -0.15) is 5.26 Å². The molecule has 2 aromatic heterocycles. The predicted molar refractivity (Wildman–Crippen MR) is 74.3 cm³/mol. The van der Waals surface area contributed by atoms with E-state index in [9.17, 15) is 4.79 Å². The van der Waals surface area contributed by atoms with Gasteiger partial charge in [-0.05, 0) is 23.8 Å². The minimum Gasteiger partial charge on any atom is -0.423 e. The zero-order valence-corrected chi connectivity index (χ0v) is 10.9. The number of benzene rings is 1. The highest BCUT2D eigenvalue weighted by Crippen LogP contribution is 2.14. The maximum absolute atomic E-state index is 11.9. The molecule has 0 atom stereocenters. The second-order valence-corrected chi connectivity index (χ2v) is 4.44. The van der Waals surface area contributed by atoms with E-state index in [1.165, 1.54) is 17.0 Å². The summed E-state index contributed by atoms with van der Waals surface area (Å²) in [7, 11) is 0. The first-order valence-electron chi connectivity index (χ1n) is 6.22. The van der Waals surface area contributed by atoms with E-state index in [4.69, 9.17) is 9.68 Å². The van der Waals surface area contributed by atoms with Gasteiger partial charge in [0.2, 0.25) is 12.3 Å². The van der Waals surface area contributed by atoms with Gasteiger partial charge in [-0.3, -0.25) is 4.79 Å². The molecule has 0 radical (unpaired) electrons. The Morgan fingerprint density at radius 2 is 2.19 bits per heavy atom. The second-order valence-electron chi connectivity index (χ2n) is 4.44. The molecule has 0 aliphatic carbocycles. The smallest absolute Gasteiger partial charge is 0.250 e. The molecule has 0 amide bonds. The first-order valence-corrected chi connectivity index (χ1v) is 6.22. The molecule has 102 valence electrons. The Labute approximate surface area is 119 Å². The summed E-state index contributed by atoms with van der Waals surface area (Å²) in [6, 6.07) is 12.3. The molecule has 0 aliphatic heterocycles. The highest BCUT2D eigenvalue weighted by atomic mass is 16.4. The third-order valence-corrected chi connectivity index (χ3v) is 3.00. The molecule has 0 spiro atoms. The van der Waals surface area contributed by atoms with Crippen LogP contribution in [0.25, 0.3) is 11.5 Å².